The zero-order chi connectivity index (χ0) is 13.3. The van der Waals surface area contributed by atoms with Crippen molar-refractivity contribution in [2.45, 2.75) is 6.92 Å². The van der Waals surface area contributed by atoms with Crippen LogP contribution in [0, 0.1) is 18.6 Å². The van der Waals surface area contributed by atoms with Crippen molar-refractivity contribution in [1.29, 1.82) is 0 Å². The average Bonchev–Trinajstić information content (AvgIpc) is 2.69. The predicted molar refractivity (Wildman–Crippen MR) is 57.8 cm³/mol. The largest absolute Gasteiger partial charge is 0.408 e. The van der Waals surface area contributed by atoms with Gasteiger partial charge in [0.15, 0.2) is 11.6 Å². The van der Waals surface area contributed by atoms with E-state index in [1.807, 2.05) is 0 Å². The maximum atomic E-state index is 13.0. The summed E-state index contributed by atoms with van der Waals surface area (Å²) in [6.45, 7) is 1.54. The number of aromatic nitrogens is 2. The highest BCUT2D eigenvalue weighted by atomic mass is 19.2. The van der Waals surface area contributed by atoms with Gasteiger partial charge in [0.2, 0.25) is 5.89 Å². The van der Waals surface area contributed by atoms with Gasteiger partial charge in [-0.05, 0) is 6.07 Å². The highest BCUT2D eigenvalue weighted by molar-refractivity contribution is 6.06. The van der Waals surface area contributed by atoms with Crippen molar-refractivity contribution in [2.24, 2.45) is 0 Å². The summed E-state index contributed by atoms with van der Waals surface area (Å²) in [7, 11) is 0. The molecule has 1 amide bonds. The Labute approximate surface area is 99.8 Å². The maximum Gasteiger partial charge on any atom is 0.322 e. The van der Waals surface area contributed by atoms with Gasteiger partial charge >= 0.3 is 6.01 Å². The first-order valence-corrected chi connectivity index (χ1v) is 4.83. The predicted octanol–water partition coefficient (Wildman–Crippen LogP) is 1.49. The van der Waals surface area contributed by atoms with Crippen LogP contribution in [0.2, 0.25) is 0 Å². The first-order chi connectivity index (χ1) is 8.47. The number of anilines is 2. The Bertz CT molecular complexity index is 612. The maximum absolute atomic E-state index is 13.0. The molecule has 18 heavy (non-hydrogen) atoms. The van der Waals surface area contributed by atoms with E-state index in [1.54, 1.807) is 0 Å². The molecule has 0 bridgehead atoms. The van der Waals surface area contributed by atoms with E-state index in [9.17, 15) is 13.6 Å². The molecule has 3 N–H and O–H groups in total. The van der Waals surface area contributed by atoms with Crippen LogP contribution in [0.15, 0.2) is 16.5 Å². The van der Waals surface area contributed by atoms with E-state index in [4.69, 9.17) is 10.2 Å². The molecule has 0 spiro atoms. The summed E-state index contributed by atoms with van der Waals surface area (Å²) in [6, 6.07) is 1.27. The van der Waals surface area contributed by atoms with Crippen LogP contribution in [-0.2, 0) is 0 Å². The second-order valence-electron chi connectivity index (χ2n) is 3.43. The van der Waals surface area contributed by atoms with Crippen LogP contribution in [-0.4, -0.2) is 16.1 Å². The normalized spacial score (nSPS) is 10.4. The zero-order valence-corrected chi connectivity index (χ0v) is 9.20. The van der Waals surface area contributed by atoms with Crippen LogP contribution in [0.3, 0.4) is 0 Å². The third kappa shape index (κ3) is 2.26. The number of hydrogen-bond donors (Lipinski definition) is 2. The van der Waals surface area contributed by atoms with Crippen LogP contribution < -0.4 is 11.1 Å². The van der Waals surface area contributed by atoms with Gasteiger partial charge in [0.1, 0.15) is 0 Å². The van der Waals surface area contributed by atoms with Gasteiger partial charge in [-0.25, -0.2) is 8.78 Å². The van der Waals surface area contributed by atoms with E-state index < -0.39 is 17.5 Å². The number of benzene rings is 1. The second-order valence-corrected chi connectivity index (χ2v) is 3.43. The SMILES string of the molecule is Cc1nnc(NC(=O)c2cc(F)c(F)cc2N)o1. The highest BCUT2D eigenvalue weighted by Crippen LogP contribution is 2.18. The van der Waals surface area contributed by atoms with Crippen LogP contribution in [0.1, 0.15) is 16.2 Å². The minimum atomic E-state index is -1.17. The number of nitrogens with two attached hydrogens (primary N) is 1. The van der Waals surface area contributed by atoms with Crippen LogP contribution in [0.5, 0.6) is 0 Å². The Balaban J connectivity index is 2.26. The second kappa shape index (κ2) is 4.40. The number of rotatable bonds is 2. The number of hydrogen-bond acceptors (Lipinski definition) is 5. The van der Waals surface area contributed by atoms with E-state index in [1.165, 1.54) is 6.92 Å². The van der Waals surface area contributed by atoms with Crippen molar-refractivity contribution in [3.05, 3.63) is 35.2 Å². The lowest BCUT2D eigenvalue weighted by Crippen LogP contribution is -2.15. The summed E-state index contributed by atoms with van der Waals surface area (Å²) < 4.78 is 30.7. The number of nitrogens with zero attached hydrogens (tertiary/aromatic N) is 2. The average molecular weight is 254 g/mol. The molecule has 0 aliphatic rings. The molecule has 0 saturated heterocycles. The number of nitrogen functional groups attached to an aromatic ring is 1. The first kappa shape index (κ1) is 12.0. The molecule has 0 aliphatic heterocycles. The van der Waals surface area contributed by atoms with E-state index >= 15 is 0 Å². The molecule has 1 aromatic heterocycles. The Morgan fingerprint density at radius 2 is 2.00 bits per heavy atom. The van der Waals surface area contributed by atoms with Crippen molar-refractivity contribution >= 4 is 17.6 Å². The Hall–Kier alpha value is -2.51. The van der Waals surface area contributed by atoms with Crippen molar-refractivity contribution in [1.82, 2.24) is 10.2 Å². The fourth-order valence-corrected chi connectivity index (χ4v) is 1.27. The third-order valence-electron chi connectivity index (χ3n) is 2.08. The number of halogens is 2. The van der Waals surface area contributed by atoms with Gasteiger partial charge < -0.3 is 10.2 Å². The number of aryl methyl sites for hydroxylation is 1. The molecule has 0 atom stereocenters. The van der Waals surface area contributed by atoms with Crippen LogP contribution in [0.4, 0.5) is 20.5 Å². The van der Waals surface area contributed by atoms with Crippen LogP contribution >= 0.6 is 0 Å². The number of carbonyl (C=O) groups is 1. The summed E-state index contributed by atoms with van der Waals surface area (Å²) in [4.78, 5) is 11.7. The lowest BCUT2D eigenvalue weighted by atomic mass is 10.1. The van der Waals surface area contributed by atoms with Crippen molar-refractivity contribution in [2.75, 3.05) is 11.1 Å². The standard InChI is InChI=1S/C10H8F2N4O2/c1-4-15-16-10(18-4)14-9(17)5-2-6(11)7(12)3-8(5)13/h2-3H,13H2,1H3,(H,14,16,17). The minimum Gasteiger partial charge on any atom is -0.408 e. The Morgan fingerprint density at radius 1 is 1.33 bits per heavy atom. The van der Waals surface area contributed by atoms with Crippen LogP contribution in [0.25, 0.3) is 0 Å². The van der Waals surface area contributed by atoms with Gasteiger partial charge in [0.05, 0.1) is 5.56 Å². The summed E-state index contributed by atoms with van der Waals surface area (Å²) in [5.74, 6) is -2.81. The smallest absolute Gasteiger partial charge is 0.322 e. The zero-order valence-electron chi connectivity index (χ0n) is 9.20. The van der Waals surface area contributed by atoms with Crippen molar-refractivity contribution in [3.8, 4) is 0 Å². The molecule has 1 aromatic carbocycles. The molecule has 6 nitrogen and oxygen atoms in total. The van der Waals surface area contributed by atoms with Gasteiger partial charge in [-0.1, -0.05) is 5.10 Å². The number of nitrogens with one attached hydrogen (secondary N) is 1. The summed E-state index contributed by atoms with van der Waals surface area (Å²) in [6.07, 6.45) is 0. The molecule has 0 fully saturated rings. The lowest BCUT2D eigenvalue weighted by Gasteiger charge is -2.05. The van der Waals surface area contributed by atoms with Crippen molar-refractivity contribution < 1.29 is 18.0 Å². The van der Waals surface area contributed by atoms with E-state index in [2.05, 4.69) is 15.5 Å². The molecule has 8 heteroatoms. The summed E-state index contributed by atoms with van der Waals surface area (Å²) >= 11 is 0. The van der Waals surface area contributed by atoms with Gasteiger partial charge in [-0.2, -0.15) is 0 Å². The van der Waals surface area contributed by atoms with Gasteiger partial charge in [0.25, 0.3) is 5.91 Å². The lowest BCUT2D eigenvalue weighted by molar-refractivity contribution is 0.102. The highest BCUT2D eigenvalue weighted by Gasteiger charge is 2.16. The first-order valence-electron chi connectivity index (χ1n) is 4.83. The molecule has 0 unspecified atom stereocenters. The topological polar surface area (TPSA) is 94.0 Å². The van der Waals surface area contributed by atoms with Crippen molar-refractivity contribution in [3.63, 3.8) is 0 Å². The molecule has 0 radical (unpaired) electrons. The van der Waals surface area contributed by atoms with Gasteiger partial charge in [-0.15, -0.1) is 5.10 Å². The molecular weight excluding hydrogens is 246 g/mol. The quantitative estimate of drug-likeness (QED) is 0.792. The van der Waals surface area contributed by atoms with E-state index in [0.717, 1.165) is 6.07 Å². The number of carbonyl (C=O) groups excluding carboxylic acids is 1. The van der Waals surface area contributed by atoms with E-state index in [-0.39, 0.29) is 23.2 Å². The number of amides is 1. The minimum absolute atomic E-state index is 0.151. The molecule has 2 rings (SSSR count). The summed E-state index contributed by atoms with van der Waals surface area (Å²) in [5.41, 5.74) is 5.01. The molecule has 0 saturated carbocycles. The molecule has 94 valence electrons. The molecule has 1 heterocycles. The fourth-order valence-electron chi connectivity index (χ4n) is 1.27. The monoisotopic (exact) mass is 254 g/mol. The Morgan fingerprint density at radius 3 is 2.61 bits per heavy atom. The molecular formula is C10H8F2N4O2. The fraction of sp³-hybridized carbons (Fsp3) is 0.100. The Kier molecular flexibility index (Phi) is 2.92. The molecule has 2 aromatic rings. The molecule has 0 aliphatic carbocycles. The van der Waals surface area contributed by atoms with Gasteiger partial charge in [-0.3, -0.25) is 10.1 Å². The van der Waals surface area contributed by atoms with E-state index in [0.29, 0.717) is 6.07 Å². The summed E-state index contributed by atoms with van der Waals surface area (Å²) in [5, 5.41) is 9.23. The van der Waals surface area contributed by atoms with Gasteiger partial charge in [0, 0.05) is 18.7 Å². The third-order valence-corrected chi connectivity index (χ3v) is 2.08.